The quantitative estimate of drug-likeness (QED) is 0.799. The van der Waals surface area contributed by atoms with Crippen LogP contribution in [0.25, 0.3) is 10.2 Å². The van der Waals surface area contributed by atoms with Crippen LogP contribution in [0.2, 0.25) is 0 Å². The predicted molar refractivity (Wildman–Crippen MR) is 87.3 cm³/mol. The Kier molecular flexibility index (Phi) is 3.38. The average Bonchev–Trinajstić information content (AvgIpc) is 3.26. The molecule has 1 aliphatic carbocycles. The van der Waals surface area contributed by atoms with E-state index in [9.17, 15) is 4.79 Å². The molecule has 1 aliphatic rings. The third kappa shape index (κ3) is 2.50. The zero-order chi connectivity index (χ0) is 14.9. The molecule has 0 bridgehead atoms. The molecule has 2 aromatic heterocycles. The van der Waals surface area contributed by atoms with E-state index in [1.165, 1.54) is 24.2 Å². The van der Waals surface area contributed by atoms with Gasteiger partial charge in [0, 0.05) is 6.20 Å². The Morgan fingerprint density at radius 2 is 2.05 bits per heavy atom. The zero-order valence-electron chi connectivity index (χ0n) is 12.0. The fourth-order valence-electron chi connectivity index (χ4n) is 2.92. The van der Waals surface area contributed by atoms with Gasteiger partial charge in [-0.05, 0) is 31.0 Å². The van der Waals surface area contributed by atoms with Crippen LogP contribution in [0.3, 0.4) is 0 Å². The molecule has 0 saturated heterocycles. The van der Waals surface area contributed by atoms with Gasteiger partial charge in [-0.15, -0.1) is 0 Å². The normalized spacial score (nSPS) is 15.5. The van der Waals surface area contributed by atoms with Gasteiger partial charge in [0.1, 0.15) is 0 Å². The number of anilines is 1. The van der Waals surface area contributed by atoms with Gasteiger partial charge < -0.3 is 0 Å². The second-order valence-corrected chi connectivity index (χ2v) is 6.59. The minimum atomic E-state index is -0.198. The Bertz CT molecular complexity index is 783. The molecule has 1 N–H and O–H groups in total. The maximum absolute atomic E-state index is 12.3. The molecule has 0 unspecified atom stereocenters. The number of carbonyl (C=O) groups is 1. The highest BCUT2D eigenvalue weighted by Crippen LogP contribution is 2.29. The molecule has 112 valence electrons. The van der Waals surface area contributed by atoms with Crippen LogP contribution in [-0.2, 0) is 0 Å². The molecular formula is C16H16N4OS. The molecule has 6 heteroatoms. The van der Waals surface area contributed by atoms with Crippen molar-refractivity contribution in [2.45, 2.75) is 31.7 Å². The minimum Gasteiger partial charge on any atom is -0.296 e. The number of benzene rings is 1. The second-order valence-electron chi connectivity index (χ2n) is 5.56. The van der Waals surface area contributed by atoms with Crippen molar-refractivity contribution in [2.75, 3.05) is 5.32 Å². The van der Waals surface area contributed by atoms with Gasteiger partial charge in [0.25, 0.3) is 5.91 Å². The van der Waals surface area contributed by atoms with Crippen molar-refractivity contribution in [2.24, 2.45) is 0 Å². The molecule has 1 aromatic carbocycles. The lowest BCUT2D eigenvalue weighted by atomic mass is 10.3. The van der Waals surface area contributed by atoms with Crippen LogP contribution in [0, 0.1) is 0 Å². The summed E-state index contributed by atoms with van der Waals surface area (Å²) >= 11 is 1.47. The van der Waals surface area contributed by atoms with E-state index in [2.05, 4.69) is 15.4 Å². The fourth-order valence-corrected chi connectivity index (χ4v) is 3.78. The van der Waals surface area contributed by atoms with E-state index in [0.29, 0.717) is 16.9 Å². The molecule has 2 heterocycles. The maximum atomic E-state index is 12.3. The van der Waals surface area contributed by atoms with Crippen molar-refractivity contribution in [3.8, 4) is 0 Å². The van der Waals surface area contributed by atoms with Crippen LogP contribution in [0.15, 0.2) is 36.5 Å². The minimum absolute atomic E-state index is 0.198. The third-order valence-corrected chi connectivity index (χ3v) is 5.01. The Hall–Kier alpha value is -2.21. The number of aromatic nitrogens is 3. The topological polar surface area (TPSA) is 59.8 Å². The number of para-hydroxylation sites is 1. The van der Waals surface area contributed by atoms with Crippen LogP contribution < -0.4 is 5.32 Å². The molecule has 22 heavy (non-hydrogen) atoms. The molecule has 0 spiro atoms. The van der Waals surface area contributed by atoms with E-state index < -0.39 is 0 Å². The summed E-state index contributed by atoms with van der Waals surface area (Å²) in [6.07, 6.45) is 6.71. The molecular weight excluding hydrogens is 296 g/mol. The van der Waals surface area contributed by atoms with E-state index >= 15 is 0 Å². The van der Waals surface area contributed by atoms with E-state index in [-0.39, 0.29) is 5.91 Å². The van der Waals surface area contributed by atoms with Gasteiger partial charge in [-0.1, -0.05) is 36.3 Å². The van der Waals surface area contributed by atoms with Crippen molar-refractivity contribution < 1.29 is 4.79 Å². The van der Waals surface area contributed by atoms with Gasteiger partial charge in [-0.25, -0.2) is 4.98 Å². The summed E-state index contributed by atoms with van der Waals surface area (Å²) in [5.74, 6) is -0.198. The number of nitrogens with one attached hydrogen (secondary N) is 1. The monoisotopic (exact) mass is 312 g/mol. The molecule has 4 rings (SSSR count). The average molecular weight is 312 g/mol. The maximum Gasteiger partial charge on any atom is 0.277 e. The smallest absolute Gasteiger partial charge is 0.277 e. The lowest BCUT2D eigenvalue weighted by molar-refractivity contribution is 0.102. The van der Waals surface area contributed by atoms with Gasteiger partial charge in [0.2, 0.25) is 0 Å². The first kappa shape index (κ1) is 13.5. The third-order valence-electron chi connectivity index (χ3n) is 4.05. The first-order valence-corrected chi connectivity index (χ1v) is 8.33. The number of hydrogen-bond acceptors (Lipinski definition) is 4. The number of thiazole rings is 1. The summed E-state index contributed by atoms with van der Waals surface area (Å²) in [6, 6.07) is 10.1. The SMILES string of the molecule is O=C(Nc1nc2ccccc2s1)c1ccn(C2CCCC2)n1. The highest BCUT2D eigenvalue weighted by molar-refractivity contribution is 7.22. The molecule has 0 atom stereocenters. The summed E-state index contributed by atoms with van der Waals surface area (Å²) in [4.78, 5) is 16.7. The van der Waals surface area contributed by atoms with E-state index in [1.807, 2.05) is 35.1 Å². The van der Waals surface area contributed by atoms with E-state index in [0.717, 1.165) is 23.1 Å². The van der Waals surface area contributed by atoms with Crippen molar-refractivity contribution in [3.63, 3.8) is 0 Å². The van der Waals surface area contributed by atoms with Crippen molar-refractivity contribution in [1.82, 2.24) is 14.8 Å². The molecule has 1 amide bonds. The second kappa shape index (κ2) is 5.53. The summed E-state index contributed by atoms with van der Waals surface area (Å²) in [6.45, 7) is 0. The Balaban J connectivity index is 1.51. The van der Waals surface area contributed by atoms with Crippen LogP contribution in [-0.4, -0.2) is 20.7 Å². The van der Waals surface area contributed by atoms with Crippen molar-refractivity contribution >= 4 is 32.6 Å². The molecule has 1 saturated carbocycles. The van der Waals surface area contributed by atoms with Crippen LogP contribution in [0.5, 0.6) is 0 Å². The zero-order valence-corrected chi connectivity index (χ0v) is 12.8. The number of fused-ring (bicyclic) bond motifs is 1. The van der Waals surface area contributed by atoms with Gasteiger partial charge in [0.05, 0.1) is 16.3 Å². The Labute approximate surface area is 132 Å². The molecule has 3 aromatic rings. The van der Waals surface area contributed by atoms with Crippen LogP contribution in [0.4, 0.5) is 5.13 Å². The van der Waals surface area contributed by atoms with Crippen molar-refractivity contribution in [3.05, 3.63) is 42.2 Å². The summed E-state index contributed by atoms with van der Waals surface area (Å²) in [7, 11) is 0. The number of hydrogen-bond donors (Lipinski definition) is 1. The number of amides is 1. The standard InChI is InChI=1S/C16H16N4OS/c21-15(13-9-10-20(19-13)11-5-1-2-6-11)18-16-17-12-7-3-4-8-14(12)22-16/h3-4,7-11H,1-2,5-6H2,(H,17,18,21). The van der Waals surface area contributed by atoms with E-state index in [4.69, 9.17) is 0 Å². The number of nitrogens with zero attached hydrogens (tertiary/aromatic N) is 3. The van der Waals surface area contributed by atoms with Crippen molar-refractivity contribution in [1.29, 1.82) is 0 Å². The lowest BCUT2D eigenvalue weighted by Crippen LogP contribution is -2.14. The van der Waals surface area contributed by atoms with Crippen LogP contribution in [0.1, 0.15) is 42.2 Å². The van der Waals surface area contributed by atoms with Crippen LogP contribution >= 0.6 is 11.3 Å². The lowest BCUT2D eigenvalue weighted by Gasteiger charge is -2.08. The van der Waals surface area contributed by atoms with Gasteiger partial charge in [-0.2, -0.15) is 5.10 Å². The largest absolute Gasteiger partial charge is 0.296 e. The molecule has 0 aliphatic heterocycles. The highest BCUT2D eigenvalue weighted by atomic mass is 32.1. The first-order chi connectivity index (χ1) is 10.8. The summed E-state index contributed by atoms with van der Waals surface area (Å²) in [5.41, 5.74) is 1.35. The number of rotatable bonds is 3. The summed E-state index contributed by atoms with van der Waals surface area (Å²) in [5, 5.41) is 7.88. The number of carbonyl (C=O) groups excluding carboxylic acids is 1. The highest BCUT2D eigenvalue weighted by Gasteiger charge is 2.19. The van der Waals surface area contributed by atoms with Gasteiger partial charge in [-0.3, -0.25) is 14.8 Å². The van der Waals surface area contributed by atoms with E-state index in [1.54, 1.807) is 6.07 Å². The molecule has 5 nitrogen and oxygen atoms in total. The Morgan fingerprint density at radius 3 is 2.86 bits per heavy atom. The predicted octanol–water partition coefficient (Wildman–Crippen LogP) is 3.86. The molecule has 0 radical (unpaired) electrons. The van der Waals surface area contributed by atoms with Gasteiger partial charge in [0.15, 0.2) is 10.8 Å². The first-order valence-electron chi connectivity index (χ1n) is 7.52. The fraction of sp³-hybridized carbons (Fsp3) is 0.312. The summed E-state index contributed by atoms with van der Waals surface area (Å²) < 4.78 is 2.99. The van der Waals surface area contributed by atoms with Gasteiger partial charge >= 0.3 is 0 Å². The Morgan fingerprint density at radius 1 is 1.23 bits per heavy atom. The molecule has 1 fully saturated rings.